The summed E-state index contributed by atoms with van der Waals surface area (Å²) >= 11 is -3.16. The second-order valence-electron chi connectivity index (χ2n) is 6.67. The summed E-state index contributed by atoms with van der Waals surface area (Å²) in [4.78, 5) is 0. The molecule has 4 aromatic carbocycles. The molecule has 0 unspecified atom stereocenters. The Morgan fingerprint density at radius 1 is 0.407 bits per heavy atom. The van der Waals surface area contributed by atoms with Crippen molar-refractivity contribution in [1.29, 1.82) is 0 Å². The second-order valence-corrected chi connectivity index (χ2v) is 17.8. The molecule has 0 saturated carbocycles. The van der Waals surface area contributed by atoms with Crippen LogP contribution in [0, 0.1) is 0 Å². The molecule has 1 nitrogen and oxygen atoms in total. The number of hydrogen-bond donors (Lipinski definition) is 0. The quantitative estimate of drug-likeness (QED) is 0.418. The molecule has 4 rings (SSSR count). The van der Waals surface area contributed by atoms with E-state index in [1.807, 2.05) is 0 Å². The fourth-order valence-electron chi connectivity index (χ4n) is 3.88. The van der Waals surface area contributed by atoms with Crippen molar-refractivity contribution in [1.82, 2.24) is 0 Å². The van der Waals surface area contributed by atoms with Crippen LogP contribution in [-0.4, -0.2) is 24.3 Å². The zero-order valence-corrected chi connectivity index (χ0v) is 18.1. The van der Waals surface area contributed by atoms with Crippen LogP contribution in [0.15, 0.2) is 121 Å². The van der Waals surface area contributed by atoms with E-state index in [9.17, 15) is 0 Å². The van der Waals surface area contributed by atoms with Crippen LogP contribution in [0.4, 0.5) is 0 Å². The minimum absolute atomic E-state index is 0. The third-order valence-electron chi connectivity index (χ3n) is 5.11. The van der Waals surface area contributed by atoms with Gasteiger partial charge in [0.05, 0.1) is 0 Å². The van der Waals surface area contributed by atoms with E-state index in [2.05, 4.69) is 121 Å². The van der Waals surface area contributed by atoms with Crippen LogP contribution in [0.3, 0.4) is 0 Å². The van der Waals surface area contributed by atoms with Crippen molar-refractivity contribution in [2.24, 2.45) is 0 Å². The minimum atomic E-state index is -3.16. The van der Waals surface area contributed by atoms with E-state index in [0.717, 1.165) is 4.37 Å². The number of hydrogen-bond acceptors (Lipinski definition) is 1. The third-order valence-corrected chi connectivity index (χ3v) is 19.1. The first-order valence-electron chi connectivity index (χ1n) is 9.10. The molecule has 1 N–H and O–H groups in total. The normalized spacial score (nSPS) is 11.4. The maximum atomic E-state index is 2.35. The fourth-order valence-corrected chi connectivity index (χ4v) is 17.4. The molecule has 0 aliphatic rings. The fraction of sp³-hybridized carbons (Fsp3) is 0.0400. The molecule has 0 heterocycles. The molecule has 0 aromatic heterocycles. The van der Waals surface area contributed by atoms with E-state index >= 15 is 0 Å². The molecule has 27 heavy (non-hydrogen) atoms. The molecule has 0 aliphatic carbocycles. The van der Waals surface area contributed by atoms with Crippen molar-refractivity contribution in [2.45, 2.75) is 4.37 Å². The van der Waals surface area contributed by atoms with Crippen molar-refractivity contribution in [3.8, 4) is 0 Å². The van der Waals surface area contributed by atoms with Gasteiger partial charge >= 0.3 is 161 Å². The topological polar surface area (TPSA) is 30.0 Å². The van der Waals surface area contributed by atoms with Gasteiger partial charge in [0.2, 0.25) is 0 Å². The van der Waals surface area contributed by atoms with Crippen LogP contribution in [-0.2, 0) is 4.37 Å². The second kappa shape index (κ2) is 9.04. The Hall–Kier alpha value is -2.34. The maximum absolute atomic E-state index is 3.16. The summed E-state index contributed by atoms with van der Waals surface area (Å²) in [7, 11) is 0. The van der Waals surface area contributed by atoms with Crippen molar-refractivity contribution in [3.05, 3.63) is 127 Å². The summed E-state index contributed by atoms with van der Waals surface area (Å²) in [6.07, 6.45) is 0. The molecule has 0 bridgehead atoms. The Morgan fingerprint density at radius 2 is 0.704 bits per heavy atom. The Balaban J connectivity index is 0.00000210. The molecule has 0 saturated heterocycles. The van der Waals surface area contributed by atoms with Crippen molar-refractivity contribution in [3.63, 3.8) is 0 Å². The van der Waals surface area contributed by atoms with Crippen LogP contribution in [0.1, 0.15) is 5.56 Å². The standard InChI is InChI=1S/C7H7.3C6H5.H2O.Sb.H/c1-7-5-3-2-4-6-7;3*1-2-4-6-5-3-1;;;/h2-6H,1H2;3*1-5H;1H2;;/p-1. The average molecular weight is 462 g/mol. The molecular formula is C25H24OSb-. The molecule has 2 heteroatoms. The molecule has 4 aromatic rings. The zero-order valence-electron chi connectivity index (χ0n) is 15.2. The first kappa shape index (κ1) is 19.4. The van der Waals surface area contributed by atoms with Gasteiger partial charge in [0, 0.05) is 0 Å². The molecule has 0 radical (unpaired) electrons. The predicted molar refractivity (Wildman–Crippen MR) is 117 cm³/mol. The van der Waals surface area contributed by atoms with Gasteiger partial charge in [-0.1, -0.05) is 0 Å². The van der Waals surface area contributed by atoms with Gasteiger partial charge in [-0.25, -0.2) is 0 Å². The Labute approximate surface area is 165 Å². The van der Waals surface area contributed by atoms with Crippen molar-refractivity contribution in [2.75, 3.05) is 0 Å². The van der Waals surface area contributed by atoms with Gasteiger partial charge in [-0.2, -0.15) is 0 Å². The Morgan fingerprint density at radius 3 is 1.04 bits per heavy atom. The average Bonchev–Trinajstić information content (AvgIpc) is 2.75. The van der Waals surface area contributed by atoms with Gasteiger partial charge < -0.3 is 5.48 Å². The van der Waals surface area contributed by atoms with E-state index in [1.165, 1.54) is 16.1 Å². The predicted octanol–water partition coefficient (Wildman–Crippen LogP) is 3.49. The monoisotopic (exact) mass is 461 g/mol. The summed E-state index contributed by atoms with van der Waals surface area (Å²) in [5.41, 5.74) is 1.43. The summed E-state index contributed by atoms with van der Waals surface area (Å²) < 4.78 is 5.72. The Kier molecular flexibility index (Phi) is 6.50. The van der Waals surface area contributed by atoms with Gasteiger partial charge in [-0.05, 0) is 0 Å². The summed E-state index contributed by atoms with van der Waals surface area (Å²) in [5, 5.41) is 0. The third kappa shape index (κ3) is 4.00. The number of rotatable bonds is 5. The SMILES string of the molecule is [OH-].c1ccc([CH2][SbH]([c]2ccccc2)([c]2ccccc2)[c]2ccccc2)cc1. The van der Waals surface area contributed by atoms with E-state index in [0.29, 0.717) is 0 Å². The van der Waals surface area contributed by atoms with Gasteiger partial charge in [0.25, 0.3) is 0 Å². The van der Waals surface area contributed by atoms with Crippen LogP contribution in [0.2, 0.25) is 0 Å². The molecular weight excluding hydrogens is 438 g/mol. The van der Waals surface area contributed by atoms with E-state index in [1.54, 1.807) is 0 Å². The summed E-state index contributed by atoms with van der Waals surface area (Å²) in [6.45, 7) is 0. The molecule has 0 atom stereocenters. The van der Waals surface area contributed by atoms with Gasteiger partial charge in [0.1, 0.15) is 0 Å². The van der Waals surface area contributed by atoms with Crippen LogP contribution < -0.4 is 10.5 Å². The van der Waals surface area contributed by atoms with E-state index in [4.69, 9.17) is 0 Å². The van der Waals surface area contributed by atoms with E-state index in [-0.39, 0.29) is 5.48 Å². The first-order valence-corrected chi connectivity index (χ1v) is 15.4. The van der Waals surface area contributed by atoms with E-state index < -0.39 is 18.8 Å². The van der Waals surface area contributed by atoms with Crippen LogP contribution in [0.25, 0.3) is 0 Å². The van der Waals surface area contributed by atoms with Crippen LogP contribution in [0.5, 0.6) is 0 Å². The van der Waals surface area contributed by atoms with Gasteiger partial charge in [-0.3, -0.25) is 0 Å². The van der Waals surface area contributed by atoms with Crippen LogP contribution >= 0.6 is 0 Å². The van der Waals surface area contributed by atoms with Gasteiger partial charge in [0.15, 0.2) is 0 Å². The molecule has 0 fully saturated rings. The molecule has 0 aliphatic heterocycles. The first-order chi connectivity index (χ1) is 12.9. The summed E-state index contributed by atoms with van der Waals surface area (Å²) in [6, 6.07) is 44.6. The number of benzene rings is 4. The molecule has 0 amide bonds. The Bertz CT molecular complexity index is 842. The zero-order chi connectivity index (χ0) is 17.7. The molecule has 136 valence electrons. The van der Waals surface area contributed by atoms with Crippen molar-refractivity contribution < 1.29 is 5.48 Å². The van der Waals surface area contributed by atoms with Crippen molar-refractivity contribution >= 4 is 29.3 Å². The van der Waals surface area contributed by atoms with Gasteiger partial charge in [-0.15, -0.1) is 0 Å². The summed E-state index contributed by atoms with van der Waals surface area (Å²) in [5.74, 6) is 0. The molecule has 0 spiro atoms.